The first-order chi connectivity index (χ1) is 4.02. The number of rotatable bonds is 2. The normalized spacial score (nSPS) is 10.2. The van der Waals surface area contributed by atoms with E-state index in [1.54, 1.807) is 7.11 Å². The quantitative estimate of drug-likeness (QED) is 0.403. The van der Waals surface area contributed by atoms with Crippen LogP contribution in [0, 0.1) is 0 Å². The van der Waals surface area contributed by atoms with Crippen LogP contribution in [0.1, 0.15) is 0 Å². The second kappa shape index (κ2) is 3.33. The fourth-order valence-corrected chi connectivity index (χ4v) is 3.90. The molecular formula is C7H14OSn. The van der Waals surface area contributed by atoms with E-state index in [-0.39, 0.29) is 0 Å². The van der Waals surface area contributed by atoms with Gasteiger partial charge < -0.3 is 0 Å². The summed E-state index contributed by atoms with van der Waals surface area (Å²) in [4.78, 5) is 6.81. The van der Waals surface area contributed by atoms with E-state index in [4.69, 9.17) is 4.74 Å². The number of hydrogen-bond acceptors (Lipinski definition) is 1. The average Bonchev–Trinajstić information content (AvgIpc) is 1.65. The molecule has 0 atom stereocenters. The molecule has 0 aliphatic carbocycles. The van der Waals surface area contributed by atoms with Gasteiger partial charge in [-0.05, 0) is 0 Å². The van der Waals surface area contributed by atoms with Crippen molar-refractivity contribution in [3.63, 3.8) is 0 Å². The molecule has 0 saturated heterocycles. The monoisotopic (exact) mass is 234 g/mol. The van der Waals surface area contributed by atoms with Gasteiger partial charge in [0.25, 0.3) is 0 Å². The van der Waals surface area contributed by atoms with Crippen LogP contribution in [0.3, 0.4) is 0 Å². The molecular weight excluding hydrogens is 219 g/mol. The summed E-state index contributed by atoms with van der Waals surface area (Å²) >= 11 is -1.93. The second-order valence-corrected chi connectivity index (χ2v) is 17.1. The molecule has 0 radical (unpaired) electrons. The Hall–Kier alpha value is 0.119. The van der Waals surface area contributed by atoms with Gasteiger partial charge >= 0.3 is 61.1 Å². The van der Waals surface area contributed by atoms with Gasteiger partial charge in [0.05, 0.1) is 0 Å². The van der Waals surface area contributed by atoms with Gasteiger partial charge in [-0.25, -0.2) is 0 Å². The van der Waals surface area contributed by atoms with Gasteiger partial charge in [-0.1, -0.05) is 0 Å². The van der Waals surface area contributed by atoms with Gasteiger partial charge in [0.15, 0.2) is 0 Å². The maximum atomic E-state index is 5.10. The fraction of sp³-hybridized carbons (Fsp3) is 0.571. The summed E-state index contributed by atoms with van der Waals surface area (Å²) in [6, 6.07) is 0. The van der Waals surface area contributed by atoms with Crippen LogP contribution in [0.2, 0.25) is 14.8 Å². The van der Waals surface area contributed by atoms with Gasteiger partial charge in [0, 0.05) is 0 Å². The molecule has 0 amide bonds. The fourth-order valence-electron chi connectivity index (χ4n) is 0.644. The number of hydrogen-bond donors (Lipinski definition) is 0. The van der Waals surface area contributed by atoms with Crippen LogP contribution in [0.25, 0.3) is 0 Å². The molecule has 0 saturated carbocycles. The second-order valence-electron chi connectivity index (χ2n) is 2.96. The van der Waals surface area contributed by atoms with Crippen molar-refractivity contribution in [3.8, 4) is 0 Å². The molecule has 0 aromatic heterocycles. The van der Waals surface area contributed by atoms with E-state index in [2.05, 4.69) is 27.1 Å². The van der Waals surface area contributed by atoms with Crippen molar-refractivity contribution in [2.45, 2.75) is 14.8 Å². The Morgan fingerprint density at radius 1 is 1.44 bits per heavy atom. The Kier molecular flexibility index (Phi) is 3.37. The van der Waals surface area contributed by atoms with E-state index in [9.17, 15) is 0 Å². The standard InChI is InChI=1S/C4H5O.3CH3.Sn/c1-3-4-5-2;;;;/h1H2,2H3;3*1H3;. The summed E-state index contributed by atoms with van der Waals surface area (Å²) in [5, 5.41) is 0. The Morgan fingerprint density at radius 2 is 1.89 bits per heavy atom. The van der Waals surface area contributed by atoms with Crippen LogP contribution in [0.4, 0.5) is 0 Å². The van der Waals surface area contributed by atoms with E-state index >= 15 is 0 Å². The van der Waals surface area contributed by atoms with Crippen LogP contribution in [0.5, 0.6) is 0 Å². The third-order valence-corrected chi connectivity index (χ3v) is 6.02. The molecule has 0 unspecified atom stereocenters. The van der Waals surface area contributed by atoms with E-state index in [0.29, 0.717) is 0 Å². The summed E-state index contributed by atoms with van der Waals surface area (Å²) in [6.07, 6.45) is 0. The molecule has 0 rings (SSSR count). The Labute approximate surface area is 61.3 Å². The molecule has 0 aliphatic heterocycles. The van der Waals surface area contributed by atoms with Crippen molar-refractivity contribution in [1.29, 1.82) is 0 Å². The van der Waals surface area contributed by atoms with Crippen molar-refractivity contribution in [1.82, 2.24) is 0 Å². The van der Waals surface area contributed by atoms with Gasteiger partial charge in [0.1, 0.15) is 0 Å². The molecule has 1 nitrogen and oxygen atoms in total. The summed E-state index contributed by atoms with van der Waals surface area (Å²) in [5.74, 6) is 0. The van der Waals surface area contributed by atoms with Crippen molar-refractivity contribution >= 4 is 18.4 Å². The Balaban J connectivity index is 4.33. The molecule has 0 aromatic rings. The first-order valence-corrected chi connectivity index (χ1v) is 13.0. The third kappa shape index (κ3) is 2.97. The molecule has 52 valence electrons. The van der Waals surface area contributed by atoms with Crippen LogP contribution in [-0.2, 0) is 4.74 Å². The Morgan fingerprint density at radius 3 is 1.89 bits per heavy atom. The van der Waals surface area contributed by atoms with E-state index in [0.717, 1.165) is 3.78 Å². The van der Waals surface area contributed by atoms with Crippen LogP contribution >= 0.6 is 0 Å². The van der Waals surface area contributed by atoms with Crippen LogP contribution < -0.4 is 0 Å². The molecule has 0 heterocycles. The molecule has 9 heavy (non-hydrogen) atoms. The average molecular weight is 233 g/mol. The predicted molar refractivity (Wildman–Crippen MR) is 43.0 cm³/mol. The molecule has 0 fully saturated rings. The van der Waals surface area contributed by atoms with Crippen molar-refractivity contribution in [2.75, 3.05) is 7.11 Å². The van der Waals surface area contributed by atoms with Crippen molar-refractivity contribution in [2.24, 2.45) is 0 Å². The van der Waals surface area contributed by atoms with Crippen molar-refractivity contribution in [3.05, 3.63) is 16.1 Å². The van der Waals surface area contributed by atoms with Crippen LogP contribution in [-0.4, -0.2) is 25.5 Å². The summed E-state index contributed by atoms with van der Waals surface area (Å²) in [7, 11) is 1.69. The molecule has 2 heteroatoms. The van der Waals surface area contributed by atoms with Gasteiger partial charge in [-0.3, -0.25) is 0 Å². The summed E-state index contributed by atoms with van der Waals surface area (Å²) < 4.78 is 6.12. The minimum absolute atomic E-state index is 1.02. The topological polar surface area (TPSA) is 9.23 Å². The van der Waals surface area contributed by atoms with E-state index in [1.807, 2.05) is 0 Å². The molecule has 0 spiro atoms. The molecule has 0 N–H and O–H groups in total. The Bertz CT molecular complexity index is 137. The van der Waals surface area contributed by atoms with E-state index < -0.39 is 18.4 Å². The minimum atomic E-state index is -1.93. The predicted octanol–water partition coefficient (Wildman–Crippen LogP) is 2.18. The first-order valence-electron chi connectivity index (χ1n) is 2.97. The third-order valence-electron chi connectivity index (χ3n) is 1.05. The first kappa shape index (κ1) is 9.12. The SMILES string of the molecule is C=C=[C](OC)[Sn]([CH3])([CH3])[CH3]. The maximum absolute atomic E-state index is 5.10. The number of ether oxygens (including phenoxy) is 1. The van der Waals surface area contributed by atoms with Gasteiger partial charge in [0.2, 0.25) is 0 Å². The van der Waals surface area contributed by atoms with Gasteiger partial charge in [-0.15, -0.1) is 0 Å². The molecule has 0 bridgehead atoms. The summed E-state index contributed by atoms with van der Waals surface area (Å²) in [6.45, 7) is 3.56. The van der Waals surface area contributed by atoms with Crippen molar-refractivity contribution < 1.29 is 4.74 Å². The van der Waals surface area contributed by atoms with E-state index in [1.165, 1.54) is 0 Å². The van der Waals surface area contributed by atoms with Crippen LogP contribution in [0.15, 0.2) is 16.1 Å². The molecule has 0 aromatic carbocycles. The zero-order chi connectivity index (χ0) is 7.49. The zero-order valence-corrected chi connectivity index (χ0v) is 9.47. The molecule has 0 aliphatic rings. The number of methoxy groups -OCH3 is 1. The zero-order valence-electron chi connectivity index (χ0n) is 6.62. The summed E-state index contributed by atoms with van der Waals surface area (Å²) in [5.41, 5.74) is 2.83. The van der Waals surface area contributed by atoms with Gasteiger partial charge in [-0.2, -0.15) is 0 Å².